The molecule has 4 aromatic rings. The number of hydrogen-bond acceptors (Lipinski definition) is 2. The summed E-state index contributed by atoms with van der Waals surface area (Å²) < 4.78 is 0. The molecular formula is C16H10N2O. The molecule has 3 nitrogen and oxygen atoms in total. The molecule has 0 aliphatic rings. The molecule has 0 saturated carbocycles. The number of fused-ring (bicyclic) bond motifs is 5. The van der Waals surface area contributed by atoms with Gasteiger partial charge < -0.3 is 4.98 Å². The maximum atomic E-state index is 11.3. The van der Waals surface area contributed by atoms with Crippen molar-refractivity contribution >= 4 is 32.6 Å². The minimum Gasteiger partial charge on any atom is -0.319 e. The van der Waals surface area contributed by atoms with Crippen LogP contribution >= 0.6 is 0 Å². The van der Waals surface area contributed by atoms with Crippen LogP contribution < -0.4 is 5.56 Å². The number of benzene rings is 3. The molecule has 4 rings (SSSR count). The van der Waals surface area contributed by atoms with Crippen molar-refractivity contribution in [2.24, 2.45) is 0 Å². The van der Waals surface area contributed by atoms with E-state index in [2.05, 4.69) is 34.2 Å². The van der Waals surface area contributed by atoms with Gasteiger partial charge >= 0.3 is 0 Å². The fourth-order valence-corrected chi connectivity index (χ4v) is 2.60. The monoisotopic (exact) mass is 246 g/mol. The molecule has 0 atom stereocenters. The SMILES string of the molecule is O=c1cnc2c(ccc3c4ccccc4ccc32)[nH]1. The van der Waals surface area contributed by atoms with E-state index in [1.807, 2.05) is 24.3 Å². The van der Waals surface area contributed by atoms with E-state index < -0.39 is 0 Å². The lowest BCUT2D eigenvalue weighted by Crippen LogP contribution is -2.04. The van der Waals surface area contributed by atoms with Gasteiger partial charge in [-0.3, -0.25) is 4.79 Å². The maximum Gasteiger partial charge on any atom is 0.266 e. The molecule has 19 heavy (non-hydrogen) atoms. The van der Waals surface area contributed by atoms with Crippen LogP contribution in [0.25, 0.3) is 32.6 Å². The second-order valence-electron chi connectivity index (χ2n) is 4.59. The standard InChI is InChI=1S/C16H10N2O/c19-15-9-17-16-13-6-5-10-3-1-2-4-11(10)12(13)7-8-14(16)18-15/h1-9H,(H,18,19). The highest BCUT2D eigenvalue weighted by molar-refractivity contribution is 6.15. The lowest BCUT2D eigenvalue weighted by molar-refractivity contribution is 1.22. The molecule has 90 valence electrons. The summed E-state index contributed by atoms with van der Waals surface area (Å²) in [6.07, 6.45) is 1.33. The summed E-state index contributed by atoms with van der Waals surface area (Å²) in [6.45, 7) is 0. The highest BCUT2D eigenvalue weighted by atomic mass is 16.1. The Kier molecular flexibility index (Phi) is 1.97. The van der Waals surface area contributed by atoms with Crippen LogP contribution in [0.15, 0.2) is 59.5 Å². The third kappa shape index (κ3) is 1.45. The van der Waals surface area contributed by atoms with Crippen LogP contribution in [0.3, 0.4) is 0 Å². The number of aromatic amines is 1. The normalized spacial score (nSPS) is 11.4. The zero-order valence-corrected chi connectivity index (χ0v) is 10.1. The molecule has 1 heterocycles. The second kappa shape index (κ2) is 3.65. The van der Waals surface area contributed by atoms with Crippen molar-refractivity contribution in [1.29, 1.82) is 0 Å². The Bertz CT molecular complexity index is 986. The third-order valence-corrected chi connectivity index (χ3v) is 3.47. The van der Waals surface area contributed by atoms with Gasteiger partial charge in [0.05, 0.1) is 17.2 Å². The minimum atomic E-state index is -0.173. The first-order valence-corrected chi connectivity index (χ1v) is 6.12. The summed E-state index contributed by atoms with van der Waals surface area (Å²) in [4.78, 5) is 18.4. The number of nitrogens with zero attached hydrogens (tertiary/aromatic N) is 1. The molecule has 0 fully saturated rings. The van der Waals surface area contributed by atoms with E-state index in [0.717, 1.165) is 21.8 Å². The van der Waals surface area contributed by atoms with Gasteiger partial charge in [-0.05, 0) is 22.2 Å². The highest BCUT2D eigenvalue weighted by Gasteiger charge is 2.05. The molecule has 3 heteroatoms. The van der Waals surface area contributed by atoms with Crippen LogP contribution in [0.4, 0.5) is 0 Å². The van der Waals surface area contributed by atoms with Gasteiger partial charge in [-0.1, -0.05) is 42.5 Å². The summed E-state index contributed by atoms with van der Waals surface area (Å²) in [6, 6.07) is 16.4. The molecule has 0 unspecified atom stereocenters. The van der Waals surface area contributed by atoms with Crippen LogP contribution in [0.5, 0.6) is 0 Å². The lowest BCUT2D eigenvalue weighted by Gasteiger charge is -2.06. The quantitative estimate of drug-likeness (QED) is 0.484. The first kappa shape index (κ1) is 10.3. The van der Waals surface area contributed by atoms with Crippen molar-refractivity contribution in [2.45, 2.75) is 0 Å². The van der Waals surface area contributed by atoms with E-state index in [1.165, 1.54) is 17.0 Å². The maximum absolute atomic E-state index is 11.3. The number of nitrogens with one attached hydrogen (secondary N) is 1. The number of aromatic nitrogens is 2. The first-order chi connectivity index (χ1) is 9.33. The van der Waals surface area contributed by atoms with Gasteiger partial charge in [-0.25, -0.2) is 4.98 Å². The van der Waals surface area contributed by atoms with Gasteiger partial charge in [0.25, 0.3) is 5.56 Å². The topological polar surface area (TPSA) is 45.8 Å². The van der Waals surface area contributed by atoms with Crippen molar-refractivity contribution in [2.75, 3.05) is 0 Å². The Balaban J connectivity index is 2.29. The van der Waals surface area contributed by atoms with Crippen LogP contribution in [-0.2, 0) is 0 Å². The van der Waals surface area contributed by atoms with E-state index in [1.54, 1.807) is 0 Å². The Morgan fingerprint density at radius 3 is 2.63 bits per heavy atom. The largest absolute Gasteiger partial charge is 0.319 e. The zero-order valence-electron chi connectivity index (χ0n) is 10.1. The average molecular weight is 246 g/mol. The molecule has 1 aromatic heterocycles. The molecule has 0 amide bonds. The fraction of sp³-hybridized carbons (Fsp3) is 0. The smallest absolute Gasteiger partial charge is 0.266 e. The van der Waals surface area contributed by atoms with Crippen LogP contribution in [0.2, 0.25) is 0 Å². The average Bonchev–Trinajstić information content (AvgIpc) is 2.46. The van der Waals surface area contributed by atoms with Crippen LogP contribution in [0, 0.1) is 0 Å². The van der Waals surface area contributed by atoms with Crippen LogP contribution in [0.1, 0.15) is 0 Å². The number of H-pyrrole nitrogens is 1. The van der Waals surface area contributed by atoms with Gasteiger partial charge in [0.15, 0.2) is 0 Å². The summed E-state index contributed by atoms with van der Waals surface area (Å²) >= 11 is 0. The minimum absolute atomic E-state index is 0.173. The Morgan fingerprint density at radius 1 is 0.842 bits per heavy atom. The molecule has 1 N–H and O–H groups in total. The van der Waals surface area contributed by atoms with Gasteiger partial charge in [-0.15, -0.1) is 0 Å². The zero-order chi connectivity index (χ0) is 12.8. The van der Waals surface area contributed by atoms with Crippen molar-refractivity contribution in [3.63, 3.8) is 0 Å². The van der Waals surface area contributed by atoms with Crippen molar-refractivity contribution in [1.82, 2.24) is 9.97 Å². The molecular weight excluding hydrogens is 236 g/mol. The Hall–Kier alpha value is -2.68. The van der Waals surface area contributed by atoms with Crippen molar-refractivity contribution in [3.8, 4) is 0 Å². The van der Waals surface area contributed by atoms with Gasteiger partial charge in [0.1, 0.15) is 0 Å². The fourth-order valence-electron chi connectivity index (χ4n) is 2.60. The van der Waals surface area contributed by atoms with Crippen LogP contribution in [-0.4, -0.2) is 9.97 Å². The van der Waals surface area contributed by atoms with E-state index in [9.17, 15) is 4.79 Å². The van der Waals surface area contributed by atoms with E-state index >= 15 is 0 Å². The third-order valence-electron chi connectivity index (χ3n) is 3.47. The molecule has 0 saturated heterocycles. The summed E-state index contributed by atoms with van der Waals surface area (Å²) in [7, 11) is 0. The van der Waals surface area contributed by atoms with Crippen molar-refractivity contribution in [3.05, 3.63) is 65.1 Å². The molecule has 3 aromatic carbocycles. The number of rotatable bonds is 0. The molecule has 0 radical (unpaired) electrons. The van der Waals surface area contributed by atoms with Crippen molar-refractivity contribution < 1.29 is 0 Å². The van der Waals surface area contributed by atoms with E-state index in [-0.39, 0.29) is 5.56 Å². The van der Waals surface area contributed by atoms with Gasteiger partial charge in [0, 0.05) is 5.39 Å². The molecule has 0 spiro atoms. The number of hydrogen-bond donors (Lipinski definition) is 1. The summed E-state index contributed by atoms with van der Waals surface area (Å²) in [5.41, 5.74) is 1.44. The van der Waals surface area contributed by atoms with E-state index in [4.69, 9.17) is 0 Å². The first-order valence-electron chi connectivity index (χ1n) is 6.12. The second-order valence-corrected chi connectivity index (χ2v) is 4.59. The highest BCUT2D eigenvalue weighted by Crippen LogP contribution is 2.28. The summed E-state index contributed by atoms with van der Waals surface area (Å²) in [5, 5.41) is 4.63. The molecule has 0 aliphatic carbocycles. The van der Waals surface area contributed by atoms with Gasteiger partial charge in [0.2, 0.25) is 0 Å². The predicted molar refractivity (Wildman–Crippen MR) is 77.4 cm³/mol. The Labute approximate surface area is 108 Å². The van der Waals surface area contributed by atoms with Gasteiger partial charge in [-0.2, -0.15) is 0 Å². The lowest BCUT2D eigenvalue weighted by atomic mass is 10.0. The Morgan fingerprint density at radius 2 is 1.68 bits per heavy atom. The summed E-state index contributed by atoms with van der Waals surface area (Å²) in [5.74, 6) is 0. The van der Waals surface area contributed by atoms with E-state index in [0.29, 0.717) is 0 Å². The molecule has 0 aliphatic heterocycles. The predicted octanol–water partition coefficient (Wildman–Crippen LogP) is 3.23. The molecule has 0 bridgehead atoms.